The van der Waals surface area contributed by atoms with Crippen LogP contribution in [0.2, 0.25) is 0 Å². The molecule has 0 spiro atoms. The van der Waals surface area contributed by atoms with Gasteiger partial charge in [0.2, 0.25) is 0 Å². The summed E-state index contributed by atoms with van der Waals surface area (Å²) < 4.78 is 0. The lowest BCUT2D eigenvalue weighted by Gasteiger charge is -2.27. The van der Waals surface area contributed by atoms with E-state index < -0.39 is 0 Å². The van der Waals surface area contributed by atoms with Crippen LogP contribution in [0.1, 0.15) is 10.4 Å². The van der Waals surface area contributed by atoms with Gasteiger partial charge >= 0.3 is 0 Å². The molecule has 0 saturated carbocycles. The number of carbonyl (C=O) groups is 1. The minimum atomic E-state index is -0.0928. The predicted octanol–water partition coefficient (Wildman–Crippen LogP) is 1.59. The molecule has 0 unspecified atom stereocenters. The van der Waals surface area contributed by atoms with E-state index in [0.29, 0.717) is 18.7 Å². The Hall–Kier alpha value is -2.07. The van der Waals surface area contributed by atoms with Gasteiger partial charge in [0.25, 0.3) is 5.91 Å². The van der Waals surface area contributed by atoms with E-state index in [1.54, 1.807) is 11.0 Å². The van der Waals surface area contributed by atoms with Crippen LogP contribution in [0.4, 0.5) is 0 Å². The van der Waals surface area contributed by atoms with E-state index in [2.05, 4.69) is 5.32 Å². The Morgan fingerprint density at radius 3 is 2.63 bits per heavy atom. The zero-order valence-electron chi connectivity index (χ0n) is 10.6. The maximum atomic E-state index is 12.4. The largest absolute Gasteiger partial charge is 0.506 e. The third-order valence-electron chi connectivity index (χ3n) is 3.54. The van der Waals surface area contributed by atoms with Crippen LogP contribution in [0.15, 0.2) is 36.4 Å². The SMILES string of the molecule is O=C(c1ccc2ccccc2c1O)N1CCNCC1. The van der Waals surface area contributed by atoms with Crippen LogP contribution in [0.5, 0.6) is 5.75 Å². The lowest BCUT2D eigenvalue weighted by atomic mass is 10.0. The van der Waals surface area contributed by atoms with Gasteiger partial charge < -0.3 is 15.3 Å². The van der Waals surface area contributed by atoms with Crippen molar-refractivity contribution in [3.63, 3.8) is 0 Å². The van der Waals surface area contributed by atoms with E-state index >= 15 is 0 Å². The molecule has 2 aromatic rings. The molecule has 98 valence electrons. The standard InChI is InChI=1S/C15H16N2O2/c18-14-12-4-2-1-3-11(12)5-6-13(14)15(19)17-9-7-16-8-10-17/h1-6,16,18H,7-10H2. The van der Waals surface area contributed by atoms with Crippen LogP contribution >= 0.6 is 0 Å². The molecule has 0 bridgehead atoms. The molecule has 4 heteroatoms. The van der Waals surface area contributed by atoms with Crippen molar-refractivity contribution >= 4 is 16.7 Å². The predicted molar refractivity (Wildman–Crippen MR) is 74.4 cm³/mol. The lowest BCUT2D eigenvalue weighted by molar-refractivity contribution is 0.0733. The van der Waals surface area contributed by atoms with Crippen molar-refractivity contribution in [2.45, 2.75) is 0 Å². The number of nitrogens with zero attached hydrogens (tertiary/aromatic N) is 1. The van der Waals surface area contributed by atoms with Crippen LogP contribution in [-0.2, 0) is 0 Å². The van der Waals surface area contributed by atoms with Gasteiger partial charge in [-0.2, -0.15) is 0 Å². The van der Waals surface area contributed by atoms with Crippen LogP contribution in [0.25, 0.3) is 10.8 Å². The number of nitrogens with one attached hydrogen (secondary N) is 1. The van der Waals surface area contributed by atoms with Gasteiger partial charge in [0.15, 0.2) is 0 Å². The summed E-state index contributed by atoms with van der Waals surface area (Å²) >= 11 is 0. The number of aromatic hydroxyl groups is 1. The summed E-state index contributed by atoms with van der Waals surface area (Å²) in [5.41, 5.74) is 0.389. The van der Waals surface area contributed by atoms with Gasteiger partial charge in [0, 0.05) is 31.6 Å². The summed E-state index contributed by atoms with van der Waals surface area (Å²) in [5, 5.41) is 15.2. The molecule has 19 heavy (non-hydrogen) atoms. The molecular weight excluding hydrogens is 240 g/mol. The lowest BCUT2D eigenvalue weighted by Crippen LogP contribution is -2.46. The van der Waals surface area contributed by atoms with Crippen LogP contribution in [0.3, 0.4) is 0 Å². The Bertz CT molecular complexity index is 619. The Morgan fingerprint density at radius 1 is 1.11 bits per heavy atom. The molecule has 1 saturated heterocycles. The average Bonchev–Trinajstić information content (AvgIpc) is 2.48. The molecule has 2 aromatic carbocycles. The Morgan fingerprint density at radius 2 is 1.84 bits per heavy atom. The van der Waals surface area contributed by atoms with Crippen molar-refractivity contribution in [1.29, 1.82) is 0 Å². The third kappa shape index (κ3) is 2.15. The smallest absolute Gasteiger partial charge is 0.257 e. The van der Waals surface area contributed by atoms with Gasteiger partial charge in [-0.15, -0.1) is 0 Å². The highest BCUT2D eigenvalue weighted by molar-refractivity contribution is 6.03. The summed E-state index contributed by atoms with van der Waals surface area (Å²) in [6.07, 6.45) is 0. The number of rotatable bonds is 1. The van der Waals surface area contributed by atoms with Gasteiger partial charge in [-0.05, 0) is 11.5 Å². The van der Waals surface area contributed by atoms with Crippen molar-refractivity contribution in [1.82, 2.24) is 10.2 Å². The van der Waals surface area contributed by atoms with Gasteiger partial charge in [-0.1, -0.05) is 30.3 Å². The topological polar surface area (TPSA) is 52.6 Å². The fraction of sp³-hybridized carbons (Fsp3) is 0.267. The van der Waals surface area contributed by atoms with Gasteiger partial charge in [-0.25, -0.2) is 0 Å². The molecule has 1 fully saturated rings. The van der Waals surface area contributed by atoms with Gasteiger partial charge in [-0.3, -0.25) is 4.79 Å². The molecule has 0 radical (unpaired) electrons. The Labute approximate surface area is 111 Å². The molecule has 1 heterocycles. The molecule has 1 aliphatic heterocycles. The first kappa shape index (κ1) is 12.0. The van der Waals surface area contributed by atoms with E-state index in [0.717, 1.165) is 23.9 Å². The highest BCUT2D eigenvalue weighted by Gasteiger charge is 2.21. The molecule has 0 atom stereocenters. The van der Waals surface area contributed by atoms with Crippen molar-refractivity contribution in [3.8, 4) is 5.75 Å². The number of carbonyl (C=O) groups excluding carboxylic acids is 1. The van der Waals surface area contributed by atoms with Crippen LogP contribution < -0.4 is 5.32 Å². The van der Waals surface area contributed by atoms with Crippen molar-refractivity contribution in [2.24, 2.45) is 0 Å². The van der Waals surface area contributed by atoms with E-state index in [1.807, 2.05) is 30.3 Å². The highest BCUT2D eigenvalue weighted by Crippen LogP contribution is 2.29. The first-order chi connectivity index (χ1) is 9.27. The molecule has 0 aromatic heterocycles. The molecule has 4 nitrogen and oxygen atoms in total. The second-order valence-corrected chi connectivity index (χ2v) is 4.73. The van der Waals surface area contributed by atoms with Crippen molar-refractivity contribution in [2.75, 3.05) is 26.2 Å². The number of phenolic OH excluding ortho intramolecular Hbond substituents is 1. The summed E-state index contributed by atoms with van der Waals surface area (Å²) in [4.78, 5) is 14.2. The molecule has 1 amide bonds. The number of amides is 1. The summed E-state index contributed by atoms with van der Waals surface area (Å²) in [7, 11) is 0. The van der Waals surface area contributed by atoms with Crippen molar-refractivity contribution in [3.05, 3.63) is 42.0 Å². The number of hydrogen-bond donors (Lipinski definition) is 2. The van der Waals surface area contributed by atoms with Gasteiger partial charge in [0.1, 0.15) is 5.75 Å². The molecular formula is C15H16N2O2. The fourth-order valence-corrected chi connectivity index (χ4v) is 2.47. The molecule has 1 aliphatic rings. The fourth-order valence-electron chi connectivity index (χ4n) is 2.47. The first-order valence-electron chi connectivity index (χ1n) is 6.48. The van der Waals surface area contributed by atoms with Crippen LogP contribution in [0, 0.1) is 0 Å². The van der Waals surface area contributed by atoms with Crippen LogP contribution in [-0.4, -0.2) is 42.1 Å². The molecule has 3 rings (SSSR count). The normalized spacial score (nSPS) is 15.7. The maximum Gasteiger partial charge on any atom is 0.257 e. The second kappa shape index (κ2) is 4.90. The summed E-state index contributed by atoms with van der Waals surface area (Å²) in [5.74, 6) is -0.00798. The highest BCUT2D eigenvalue weighted by atomic mass is 16.3. The molecule has 0 aliphatic carbocycles. The van der Waals surface area contributed by atoms with E-state index in [9.17, 15) is 9.90 Å². The zero-order chi connectivity index (χ0) is 13.2. The minimum Gasteiger partial charge on any atom is -0.506 e. The maximum absolute atomic E-state index is 12.4. The van der Waals surface area contributed by atoms with Gasteiger partial charge in [0.05, 0.1) is 5.56 Å². The quantitative estimate of drug-likeness (QED) is 0.814. The van der Waals surface area contributed by atoms with E-state index in [-0.39, 0.29) is 11.7 Å². The third-order valence-corrected chi connectivity index (χ3v) is 3.54. The average molecular weight is 256 g/mol. The van der Waals surface area contributed by atoms with E-state index in [1.165, 1.54) is 0 Å². The minimum absolute atomic E-state index is 0.0848. The number of hydrogen-bond acceptors (Lipinski definition) is 3. The van der Waals surface area contributed by atoms with E-state index in [4.69, 9.17) is 0 Å². The summed E-state index contributed by atoms with van der Waals surface area (Å²) in [6.45, 7) is 2.98. The Balaban J connectivity index is 2.00. The number of benzene rings is 2. The second-order valence-electron chi connectivity index (χ2n) is 4.73. The molecule has 2 N–H and O–H groups in total. The number of phenols is 1. The number of piperazine rings is 1. The number of fused-ring (bicyclic) bond motifs is 1. The van der Waals surface area contributed by atoms with Crippen molar-refractivity contribution < 1.29 is 9.90 Å². The summed E-state index contributed by atoms with van der Waals surface area (Å²) in [6, 6.07) is 11.1. The zero-order valence-corrected chi connectivity index (χ0v) is 10.6. The Kier molecular flexibility index (Phi) is 3.09. The first-order valence-corrected chi connectivity index (χ1v) is 6.48. The monoisotopic (exact) mass is 256 g/mol.